The van der Waals surface area contributed by atoms with Crippen LogP contribution in [0.15, 0.2) is 47.3 Å². The first-order valence-corrected chi connectivity index (χ1v) is 12.4. The van der Waals surface area contributed by atoms with E-state index in [9.17, 15) is 18.0 Å². The summed E-state index contributed by atoms with van der Waals surface area (Å²) in [6.07, 6.45) is 1.35. The summed E-state index contributed by atoms with van der Waals surface area (Å²) in [5, 5.41) is 2.79. The molecule has 0 saturated carbocycles. The minimum Gasteiger partial charge on any atom is -0.494 e. The first-order valence-electron chi connectivity index (χ1n) is 9.78. The zero-order valence-corrected chi connectivity index (χ0v) is 19.4. The fourth-order valence-corrected chi connectivity index (χ4v) is 5.48. The number of anilines is 2. The van der Waals surface area contributed by atoms with Gasteiger partial charge in [0.05, 0.1) is 28.8 Å². The fourth-order valence-electron chi connectivity index (χ4n) is 3.35. The van der Waals surface area contributed by atoms with Gasteiger partial charge < -0.3 is 14.6 Å². The van der Waals surface area contributed by atoms with Crippen LogP contribution in [0.2, 0.25) is 0 Å². The average Bonchev–Trinajstić information content (AvgIpc) is 2.99. The van der Waals surface area contributed by atoms with Gasteiger partial charge in [0.15, 0.2) is 0 Å². The van der Waals surface area contributed by atoms with E-state index < -0.39 is 22.0 Å². The Kier molecular flexibility index (Phi) is 6.71. The van der Waals surface area contributed by atoms with Crippen LogP contribution in [0.5, 0.6) is 5.75 Å². The Balaban J connectivity index is 1.91. The number of amides is 1. The van der Waals surface area contributed by atoms with Crippen molar-refractivity contribution in [1.82, 2.24) is 4.57 Å². The molecule has 1 aromatic heterocycles. The second kappa shape index (κ2) is 9.11. The molecule has 0 aliphatic carbocycles. The molecule has 2 aromatic carbocycles. The number of ether oxygens (including phenoxy) is 1. The number of benzene rings is 2. The van der Waals surface area contributed by atoms with Crippen LogP contribution >= 0.6 is 11.3 Å². The number of aryl methyl sites for hydroxylation is 1. The minimum atomic E-state index is -3.74. The molecule has 0 radical (unpaired) electrons. The van der Waals surface area contributed by atoms with E-state index in [4.69, 9.17) is 4.74 Å². The van der Waals surface area contributed by atoms with Crippen LogP contribution in [0.4, 0.5) is 11.4 Å². The summed E-state index contributed by atoms with van der Waals surface area (Å²) in [5.74, 6) is 0.164. The van der Waals surface area contributed by atoms with Crippen molar-refractivity contribution in [2.45, 2.75) is 26.3 Å². The van der Waals surface area contributed by atoms with Gasteiger partial charge in [0.2, 0.25) is 15.9 Å². The van der Waals surface area contributed by atoms with Gasteiger partial charge in [-0.1, -0.05) is 18.3 Å². The summed E-state index contributed by atoms with van der Waals surface area (Å²) in [5.41, 5.74) is 1.65. The molecular formula is C21H25N3O5S2. The van der Waals surface area contributed by atoms with Gasteiger partial charge in [-0.2, -0.15) is 0 Å². The Labute approximate surface area is 185 Å². The first-order chi connectivity index (χ1) is 14.7. The zero-order chi connectivity index (χ0) is 22.8. The Bertz CT molecular complexity index is 1250. The Morgan fingerprint density at radius 2 is 1.87 bits per heavy atom. The Morgan fingerprint density at radius 1 is 1.19 bits per heavy atom. The number of rotatable bonds is 8. The maximum Gasteiger partial charge on any atom is 0.307 e. The number of aromatic nitrogens is 1. The molecule has 31 heavy (non-hydrogen) atoms. The number of hydrogen-bond acceptors (Lipinski definition) is 6. The summed E-state index contributed by atoms with van der Waals surface area (Å²) in [6.45, 7) is 4.11. The molecule has 0 bridgehead atoms. The molecule has 8 nitrogen and oxygen atoms in total. The van der Waals surface area contributed by atoms with Crippen molar-refractivity contribution in [3.8, 4) is 5.75 Å². The molecule has 0 spiro atoms. The molecule has 0 aliphatic rings. The van der Waals surface area contributed by atoms with Crippen LogP contribution in [-0.2, 0) is 21.9 Å². The minimum absolute atomic E-state index is 0.0938. The van der Waals surface area contributed by atoms with Crippen molar-refractivity contribution < 1.29 is 17.9 Å². The molecule has 0 saturated heterocycles. The van der Waals surface area contributed by atoms with E-state index in [1.165, 1.54) is 4.57 Å². The lowest BCUT2D eigenvalue weighted by Crippen LogP contribution is -2.46. The van der Waals surface area contributed by atoms with E-state index in [-0.39, 0.29) is 11.3 Å². The summed E-state index contributed by atoms with van der Waals surface area (Å²) in [6, 6.07) is 10.8. The second-order valence-corrected chi connectivity index (χ2v) is 9.86. The van der Waals surface area contributed by atoms with Crippen LogP contribution in [0.3, 0.4) is 0 Å². The van der Waals surface area contributed by atoms with Gasteiger partial charge in [-0.15, -0.1) is 0 Å². The van der Waals surface area contributed by atoms with Crippen molar-refractivity contribution in [3.63, 3.8) is 0 Å². The quantitative estimate of drug-likeness (QED) is 0.553. The Morgan fingerprint density at radius 3 is 2.45 bits per heavy atom. The average molecular weight is 464 g/mol. The maximum absolute atomic E-state index is 13.1. The number of nitrogens with one attached hydrogen (secondary N) is 1. The molecule has 3 aromatic rings. The first kappa shape index (κ1) is 22.8. The SMILES string of the molecule is CCOc1ccc(N(C(CC)C(=O)Nc2ccc3c(c2)sc(=O)n3C)S(C)(=O)=O)cc1. The largest absolute Gasteiger partial charge is 0.494 e. The third kappa shape index (κ3) is 4.91. The van der Waals surface area contributed by atoms with Crippen molar-refractivity contribution in [1.29, 1.82) is 0 Å². The van der Waals surface area contributed by atoms with Crippen molar-refractivity contribution in [3.05, 3.63) is 52.1 Å². The topological polar surface area (TPSA) is 97.7 Å². The highest BCUT2D eigenvalue weighted by Gasteiger charge is 2.31. The highest BCUT2D eigenvalue weighted by molar-refractivity contribution is 7.92. The van der Waals surface area contributed by atoms with E-state index in [0.29, 0.717) is 23.7 Å². The van der Waals surface area contributed by atoms with Crippen LogP contribution in [0, 0.1) is 0 Å². The van der Waals surface area contributed by atoms with Crippen LogP contribution < -0.4 is 19.2 Å². The van der Waals surface area contributed by atoms with Crippen molar-refractivity contribution >= 4 is 48.9 Å². The number of hydrogen-bond donors (Lipinski definition) is 1. The molecule has 0 fully saturated rings. The van der Waals surface area contributed by atoms with E-state index in [1.54, 1.807) is 56.4 Å². The zero-order valence-electron chi connectivity index (χ0n) is 17.8. The van der Waals surface area contributed by atoms with Gasteiger partial charge in [-0.3, -0.25) is 13.9 Å². The molecule has 1 N–H and O–H groups in total. The van der Waals surface area contributed by atoms with E-state index >= 15 is 0 Å². The normalized spacial score (nSPS) is 12.5. The molecule has 0 aliphatic heterocycles. The molecule has 1 atom stereocenters. The molecule has 3 rings (SSSR count). The molecule has 10 heteroatoms. The smallest absolute Gasteiger partial charge is 0.307 e. The lowest BCUT2D eigenvalue weighted by Gasteiger charge is -2.30. The van der Waals surface area contributed by atoms with Crippen molar-refractivity contribution in [2.75, 3.05) is 22.5 Å². The summed E-state index contributed by atoms with van der Waals surface area (Å²) in [4.78, 5) is 24.8. The third-order valence-corrected chi connectivity index (χ3v) is 6.97. The molecular weight excluding hydrogens is 438 g/mol. The highest BCUT2D eigenvalue weighted by Crippen LogP contribution is 2.27. The standard InChI is InChI=1S/C21H25N3O5S2/c1-5-17(24(31(4,27)28)15-8-10-16(11-9-15)29-6-2)20(25)22-14-7-12-18-19(13-14)30-21(26)23(18)3/h7-13,17H,5-6H2,1-4H3,(H,22,25). The summed E-state index contributed by atoms with van der Waals surface area (Å²) in [7, 11) is -2.05. The number of nitrogens with zero attached hydrogens (tertiary/aromatic N) is 2. The van der Waals surface area contributed by atoms with Gasteiger partial charge in [0.25, 0.3) is 0 Å². The number of carbonyl (C=O) groups is 1. The Hall–Kier alpha value is -2.85. The van der Waals surface area contributed by atoms with E-state index in [0.717, 1.165) is 32.1 Å². The number of fused-ring (bicyclic) bond motifs is 1. The molecule has 1 unspecified atom stereocenters. The summed E-state index contributed by atoms with van der Waals surface area (Å²) >= 11 is 1.08. The van der Waals surface area contributed by atoms with Crippen LogP contribution in [-0.4, -0.2) is 37.8 Å². The van der Waals surface area contributed by atoms with Crippen molar-refractivity contribution in [2.24, 2.45) is 7.05 Å². The monoisotopic (exact) mass is 463 g/mol. The van der Waals surface area contributed by atoms with Gasteiger partial charge in [-0.05, 0) is 55.8 Å². The summed E-state index contributed by atoms with van der Waals surface area (Å²) < 4.78 is 34.0. The second-order valence-electron chi connectivity index (χ2n) is 7.01. The molecule has 166 valence electrons. The number of thiazole rings is 1. The van der Waals surface area contributed by atoms with E-state index in [2.05, 4.69) is 5.32 Å². The van der Waals surface area contributed by atoms with Gasteiger partial charge in [0.1, 0.15) is 11.8 Å². The van der Waals surface area contributed by atoms with Gasteiger partial charge in [-0.25, -0.2) is 8.42 Å². The van der Waals surface area contributed by atoms with Crippen LogP contribution in [0.1, 0.15) is 20.3 Å². The maximum atomic E-state index is 13.1. The van der Waals surface area contributed by atoms with Gasteiger partial charge in [0, 0.05) is 12.7 Å². The third-order valence-electron chi connectivity index (χ3n) is 4.79. The molecule has 1 heterocycles. The number of sulfonamides is 1. The highest BCUT2D eigenvalue weighted by atomic mass is 32.2. The lowest BCUT2D eigenvalue weighted by atomic mass is 10.1. The lowest BCUT2D eigenvalue weighted by molar-refractivity contribution is -0.117. The van der Waals surface area contributed by atoms with Gasteiger partial charge >= 0.3 is 4.87 Å². The predicted molar refractivity (Wildman–Crippen MR) is 125 cm³/mol. The van der Waals surface area contributed by atoms with E-state index in [1.807, 2.05) is 6.92 Å². The van der Waals surface area contributed by atoms with Crippen LogP contribution in [0.25, 0.3) is 10.2 Å². The predicted octanol–water partition coefficient (Wildman–Crippen LogP) is 3.18. The number of carbonyl (C=O) groups excluding carboxylic acids is 1. The molecule has 1 amide bonds. The fraction of sp³-hybridized carbons (Fsp3) is 0.333.